The number of aromatic carboxylic acids is 1. The largest absolute Gasteiger partial charge is 0.496 e. The first-order chi connectivity index (χ1) is 7.15. The number of hydrogen-bond acceptors (Lipinski definition) is 3. The number of rotatable bonds is 2. The van der Waals surface area contributed by atoms with Crippen LogP contribution < -0.4 is 4.74 Å². The van der Waals surface area contributed by atoms with Crippen molar-refractivity contribution in [1.29, 1.82) is 0 Å². The molecule has 2 aromatic rings. The molecule has 0 aliphatic heterocycles. The van der Waals surface area contributed by atoms with E-state index in [1.807, 2.05) is 6.92 Å². The fourth-order valence-electron chi connectivity index (χ4n) is 1.60. The molecule has 0 saturated heterocycles. The molecule has 0 bridgehead atoms. The summed E-state index contributed by atoms with van der Waals surface area (Å²) in [5, 5.41) is 16.3. The molecule has 5 heteroatoms. The van der Waals surface area contributed by atoms with Crippen LogP contribution in [-0.2, 0) is 0 Å². The summed E-state index contributed by atoms with van der Waals surface area (Å²) in [5.41, 5.74) is 1.58. The molecule has 0 radical (unpaired) electrons. The first-order valence-electron chi connectivity index (χ1n) is 4.39. The maximum absolute atomic E-state index is 11.0. The number of aryl methyl sites for hydroxylation is 1. The van der Waals surface area contributed by atoms with E-state index in [-0.39, 0.29) is 5.56 Å². The second-order valence-corrected chi connectivity index (χ2v) is 3.22. The molecule has 0 fully saturated rings. The van der Waals surface area contributed by atoms with E-state index in [0.717, 1.165) is 10.9 Å². The number of methoxy groups -OCH3 is 1. The van der Waals surface area contributed by atoms with Gasteiger partial charge in [0.05, 0.1) is 24.4 Å². The monoisotopic (exact) mass is 206 g/mol. The van der Waals surface area contributed by atoms with Gasteiger partial charge in [0.1, 0.15) is 5.75 Å². The van der Waals surface area contributed by atoms with Crippen LogP contribution in [0.3, 0.4) is 0 Å². The summed E-state index contributed by atoms with van der Waals surface area (Å²) >= 11 is 0. The van der Waals surface area contributed by atoms with E-state index in [2.05, 4.69) is 10.2 Å². The van der Waals surface area contributed by atoms with Crippen molar-refractivity contribution in [1.82, 2.24) is 10.2 Å². The first-order valence-corrected chi connectivity index (χ1v) is 4.39. The van der Waals surface area contributed by atoms with Gasteiger partial charge in [0.15, 0.2) is 0 Å². The zero-order valence-electron chi connectivity index (χ0n) is 8.37. The van der Waals surface area contributed by atoms with Crippen molar-refractivity contribution >= 4 is 16.9 Å². The zero-order valence-corrected chi connectivity index (χ0v) is 8.37. The lowest BCUT2D eigenvalue weighted by molar-refractivity contribution is 0.0698. The predicted octanol–water partition coefficient (Wildman–Crippen LogP) is 1.58. The number of hydrogen-bond donors (Lipinski definition) is 2. The van der Waals surface area contributed by atoms with E-state index >= 15 is 0 Å². The summed E-state index contributed by atoms with van der Waals surface area (Å²) in [6.45, 7) is 1.86. The minimum Gasteiger partial charge on any atom is -0.496 e. The van der Waals surface area contributed by atoms with Gasteiger partial charge in [-0.1, -0.05) is 0 Å². The second-order valence-electron chi connectivity index (χ2n) is 3.22. The zero-order chi connectivity index (χ0) is 11.0. The number of aromatic nitrogens is 2. The normalized spacial score (nSPS) is 10.5. The Hall–Kier alpha value is -2.04. The lowest BCUT2D eigenvalue weighted by Crippen LogP contribution is -2.00. The van der Waals surface area contributed by atoms with Crippen molar-refractivity contribution in [3.63, 3.8) is 0 Å². The van der Waals surface area contributed by atoms with Crippen LogP contribution >= 0.6 is 0 Å². The van der Waals surface area contributed by atoms with Gasteiger partial charge in [-0.15, -0.1) is 0 Å². The predicted molar refractivity (Wildman–Crippen MR) is 54.3 cm³/mol. The summed E-state index contributed by atoms with van der Waals surface area (Å²) < 4.78 is 5.11. The van der Waals surface area contributed by atoms with Gasteiger partial charge in [-0.3, -0.25) is 5.10 Å². The van der Waals surface area contributed by atoms with Crippen LogP contribution in [0.2, 0.25) is 0 Å². The van der Waals surface area contributed by atoms with Crippen molar-refractivity contribution < 1.29 is 14.6 Å². The van der Waals surface area contributed by atoms with Crippen molar-refractivity contribution in [3.05, 3.63) is 23.4 Å². The molecular formula is C10H10N2O3. The minimum absolute atomic E-state index is 0.171. The highest BCUT2D eigenvalue weighted by molar-refractivity contribution is 6.03. The van der Waals surface area contributed by atoms with Crippen LogP contribution in [0.1, 0.15) is 15.9 Å². The molecule has 5 nitrogen and oxygen atoms in total. The summed E-state index contributed by atoms with van der Waals surface area (Å²) in [7, 11) is 1.51. The lowest BCUT2D eigenvalue weighted by Gasteiger charge is -2.07. The quantitative estimate of drug-likeness (QED) is 0.782. The third kappa shape index (κ3) is 1.32. The lowest BCUT2D eigenvalue weighted by atomic mass is 10.1. The number of carboxylic acid groups (broad SMARTS) is 1. The number of ether oxygens (including phenoxy) is 1. The van der Waals surface area contributed by atoms with Crippen molar-refractivity contribution in [2.75, 3.05) is 7.11 Å². The third-order valence-electron chi connectivity index (χ3n) is 2.41. The number of aromatic amines is 1. The smallest absolute Gasteiger partial charge is 0.338 e. The van der Waals surface area contributed by atoms with Crippen LogP contribution in [0, 0.1) is 6.92 Å². The number of nitrogens with one attached hydrogen (secondary N) is 1. The summed E-state index contributed by atoms with van der Waals surface area (Å²) in [4.78, 5) is 11.0. The Labute approximate surface area is 85.7 Å². The number of H-pyrrole nitrogens is 1. The highest BCUT2D eigenvalue weighted by atomic mass is 16.5. The molecule has 0 aliphatic carbocycles. The van der Waals surface area contributed by atoms with Gasteiger partial charge in [-0.25, -0.2) is 4.79 Å². The van der Waals surface area contributed by atoms with E-state index in [4.69, 9.17) is 9.84 Å². The Kier molecular flexibility index (Phi) is 2.07. The molecule has 2 rings (SSSR count). The van der Waals surface area contributed by atoms with E-state index in [0.29, 0.717) is 11.3 Å². The van der Waals surface area contributed by atoms with Gasteiger partial charge in [0.25, 0.3) is 0 Å². The second kappa shape index (κ2) is 3.27. The Morgan fingerprint density at radius 3 is 2.93 bits per heavy atom. The Balaban J connectivity index is 2.86. The molecule has 2 N–H and O–H groups in total. The number of carbonyl (C=O) groups is 1. The van der Waals surface area contributed by atoms with Crippen molar-refractivity contribution in [2.45, 2.75) is 6.92 Å². The number of carboxylic acids is 1. The molecule has 0 amide bonds. The van der Waals surface area contributed by atoms with Gasteiger partial charge < -0.3 is 9.84 Å². The molecule has 1 aromatic carbocycles. The number of nitrogens with zero attached hydrogens (tertiary/aromatic N) is 1. The molecule has 1 heterocycles. The molecule has 0 saturated carbocycles. The molecular weight excluding hydrogens is 196 g/mol. The average Bonchev–Trinajstić information content (AvgIpc) is 2.67. The average molecular weight is 206 g/mol. The SMILES string of the molecule is COc1cc(C(=O)O)c2[nH]ncc2c1C. The summed E-state index contributed by atoms with van der Waals surface area (Å²) in [5.74, 6) is -0.441. The maximum Gasteiger partial charge on any atom is 0.338 e. The summed E-state index contributed by atoms with van der Waals surface area (Å²) in [6, 6.07) is 1.50. The molecule has 1 aromatic heterocycles. The van der Waals surface area contributed by atoms with Gasteiger partial charge >= 0.3 is 5.97 Å². The minimum atomic E-state index is -0.998. The van der Waals surface area contributed by atoms with E-state index in [1.165, 1.54) is 13.2 Å². The molecule has 0 unspecified atom stereocenters. The fourth-order valence-corrected chi connectivity index (χ4v) is 1.60. The van der Waals surface area contributed by atoms with Crippen LogP contribution in [-0.4, -0.2) is 28.4 Å². The van der Waals surface area contributed by atoms with Gasteiger partial charge in [-0.05, 0) is 13.0 Å². The molecule has 0 atom stereocenters. The van der Waals surface area contributed by atoms with Crippen molar-refractivity contribution in [2.24, 2.45) is 0 Å². The Morgan fingerprint density at radius 1 is 1.60 bits per heavy atom. The van der Waals surface area contributed by atoms with Gasteiger partial charge in [0, 0.05) is 10.9 Å². The highest BCUT2D eigenvalue weighted by Crippen LogP contribution is 2.29. The van der Waals surface area contributed by atoms with Gasteiger partial charge in [0.2, 0.25) is 0 Å². The van der Waals surface area contributed by atoms with Crippen LogP contribution in [0.25, 0.3) is 10.9 Å². The molecule has 15 heavy (non-hydrogen) atoms. The fraction of sp³-hybridized carbons (Fsp3) is 0.200. The first kappa shape index (κ1) is 9.51. The van der Waals surface area contributed by atoms with Crippen LogP contribution in [0.15, 0.2) is 12.3 Å². The van der Waals surface area contributed by atoms with E-state index in [1.54, 1.807) is 6.20 Å². The maximum atomic E-state index is 11.0. The Bertz CT molecular complexity index is 531. The topological polar surface area (TPSA) is 75.2 Å². The molecule has 0 spiro atoms. The van der Waals surface area contributed by atoms with E-state index < -0.39 is 5.97 Å². The van der Waals surface area contributed by atoms with Crippen LogP contribution in [0.4, 0.5) is 0 Å². The van der Waals surface area contributed by atoms with Crippen LogP contribution in [0.5, 0.6) is 5.75 Å². The number of benzene rings is 1. The number of fused-ring (bicyclic) bond motifs is 1. The summed E-state index contributed by atoms with van der Waals surface area (Å²) in [6.07, 6.45) is 1.60. The molecule has 78 valence electrons. The molecule has 0 aliphatic rings. The van der Waals surface area contributed by atoms with E-state index in [9.17, 15) is 4.79 Å². The highest BCUT2D eigenvalue weighted by Gasteiger charge is 2.15. The third-order valence-corrected chi connectivity index (χ3v) is 2.41. The Morgan fingerprint density at radius 2 is 2.33 bits per heavy atom. The van der Waals surface area contributed by atoms with Crippen molar-refractivity contribution in [3.8, 4) is 5.75 Å². The van der Waals surface area contributed by atoms with Gasteiger partial charge in [-0.2, -0.15) is 5.10 Å². The standard InChI is InChI=1S/C10H10N2O3/c1-5-7-4-11-12-9(7)6(10(13)14)3-8(5)15-2/h3-4H,1-2H3,(H,11,12)(H,13,14).